The molecule has 0 aliphatic heterocycles. The summed E-state index contributed by atoms with van der Waals surface area (Å²) in [6.45, 7) is 4.20. The number of benzene rings is 1. The topological polar surface area (TPSA) is 29.1 Å². The summed E-state index contributed by atoms with van der Waals surface area (Å²) < 4.78 is 2.40. The molecular weight excluding hydrogens is 476 g/mol. The van der Waals surface area contributed by atoms with Gasteiger partial charge in [-0.2, -0.15) is 0 Å². The normalized spacial score (nSPS) is 11.5. The van der Waals surface area contributed by atoms with Gasteiger partial charge in [-0.15, -0.1) is 0 Å². The molecule has 2 nitrogen and oxygen atoms in total. The standard InChI is InChI=1S/C16H21I2NO/c1-3-5-7-13(11-14(20)6-4-2)19-16-9-8-12(17)10-15(16)18/h8-11,19H,3-7H2,1-2H3/b13-11-. The van der Waals surface area contributed by atoms with Crippen LogP contribution in [-0.2, 0) is 4.79 Å². The first-order valence-corrected chi connectivity index (χ1v) is 9.18. The second-order valence-corrected chi connectivity index (χ2v) is 7.15. The number of halogens is 2. The highest BCUT2D eigenvalue weighted by Crippen LogP contribution is 2.23. The van der Waals surface area contributed by atoms with E-state index < -0.39 is 0 Å². The van der Waals surface area contributed by atoms with Gasteiger partial charge >= 0.3 is 0 Å². The molecule has 0 radical (unpaired) electrons. The molecule has 1 aromatic carbocycles. The van der Waals surface area contributed by atoms with Crippen LogP contribution in [0.5, 0.6) is 0 Å². The third kappa shape index (κ3) is 6.56. The number of rotatable bonds is 8. The predicted molar refractivity (Wildman–Crippen MR) is 103 cm³/mol. The van der Waals surface area contributed by atoms with Crippen LogP contribution in [0.3, 0.4) is 0 Å². The van der Waals surface area contributed by atoms with Crippen LogP contribution in [0.4, 0.5) is 5.69 Å². The van der Waals surface area contributed by atoms with Gasteiger partial charge in [0.25, 0.3) is 0 Å². The van der Waals surface area contributed by atoms with E-state index in [9.17, 15) is 4.79 Å². The summed E-state index contributed by atoms with van der Waals surface area (Å²) in [6.07, 6.45) is 6.46. The van der Waals surface area contributed by atoms with Crippen molar-refractivity contribution in [2.75, 3.05) is 5.32 Å². The fourth-order valence-electron chi connectivity index (χ4n) is 1.81. The van der Waals surface area contributed by atoms with Gasteiger partial charge in [0.15, 0.2) is 5.78 Å². The average molecular weight is 497 g/mol. The molecule has 0 aliphatic rings. The Morgan fingerprint density at radius 2 is 1.95 bits per heavy atom. The molecule has 0 spiro atoms. The quantitative estimate of drug-likeness (QED) is 0.366. The van der Waals surface area contributed by atoms with Crippen LogP contribution < -0.4 is 5.32 Å². The van der Waals surface area contributed by atoms with Crippen molar-refractivity contribution in [2.24, 2.45) is 0 Å². The van der Waals surface area contributed by atoms with Gasteiger partial charge in [0.1, 0.15) is 0 Å². The van der Waals surface area contributed by atoms with Crippen molar-refractivity contribution in [3.8, 4) is 0 Å². The molecule has 0 bridgehead atoms. The van der Waals surface area contributed by atoms with Gasteiger partial charge in [-0.3, -0.25) is 4.79 Å². The predicted octanol–water partition coefficient (Wildman–Crippen LogP) is 5.75. The number of carbonyl (C=O) groups is 1. The first-order valence-electron chi connectivity index (χ1n) is 7.02. The zero-order valence-corrected chi connectivity index (χ0v) is 16.3. The van der Waals surface area contributed by atoms with Crippen molar-refractivity contribution in [1.29, 1.82) is 0 Å². The number of anilines is 1. The Hall–Kier alpha value is -0.110. The molecule has 0 unspecified atom stereocenters. The van der Waals surface area contributed by atoms with E-state index in [4.69, 9.17) is 0 Å². The van der Waals surface area contributed by atoms with E-state index in [1.54, 1.807) is 6.08 Å². The number of carbonyl (C=O) groups excluding carboxylic acids is 1. The Kier molecular flexibility index (Phi) is 8.75. The molecule has 110 valence electrons. The van der Waals surface area contributed by atoms with Crippen LogP contribution in [0.15, 0.2) is 30.0 Å². The zero-order chi connectivity index (χ0) is 15.0. The highest BCUT2D eigenvalue weighted by Gasteiger charge is 2.05. The van der Waals surface area contributed by atoms with Crippen LogP contribution in [0, 0.1) is 7.14 Å². The Balaban J connectivity index is 2.85. The molecule has 0 saturated heterocycles. The van der Waals surface area contributed by atoms with Gasteiger partial charge < -0.3 is 5.32 Å². The molecule has 0 saturated carbocycles. The number of nitrogens with one attached hydrogen (secondary N) is 1. The largest absolute Gasteiger partial charge is 0.358 e. The number of ketones is 1. The molecule has 0 heterocycles. The van der Waals surface area contributed by atoms with E-state index in [1.165, 1.54) is 7.14 Å². The lowest BCUT2D eigenvalue weighted by Crippen LogP contribution is -2.05. The number of unbranched alkanes of at least 4 members (excludes halogenated alkanes) is 1. The second-order valence-electron chi connectivity index (χ2n) is 4.74. The van der Waals surface area contributed by atoms with Gasteiger partial charge in [-0.05, 0) is 82.6 Å². The summed E-state index contributed by atoms with van der Waals surface area (Å²) in [6, 6.07) is 6.29. The average Bonchev–Trinajstić information content (AvgIpc) is 2.39. The second kappa shape index (κ2) is 9.76. The minimum absolute atomic E-state index is 0.214. The van der Waals surface area contributed by atoms with E-state index in [1.807, 2.05) is 6.92 Å². The summed E-state index contributed by atoms with van der Waals surface area (Å²) >= 11 is 4.64. The van der Waals surface area contributed by atoms with E-state index in [0.717, 1.165) is 37.1 Å². The van der Waals surface area contributed by atoms with Crippen LogP contribution in [0.1, 0.15) is 46.0 Å². The smallest absolute Gasteiger partial charge is 0.157 e. The highest BCUT2D eigenvalue weighted by atomic mass is 127. The lowest BCUT2D eigenvalue weighted by atomic mass is 10.1. The Bertz CT molecular complexity index is 483. The Morgan fingerprint density at radius 1 is 1.20 bits per heavy atom. The highest BCUT2D eigenvalue weighted by molar-refractivity contribution is 14.1. The fraction of sp³-hybridized carbons (Fsp3) is 0.438. The molecule has 1 N–H and O–H groups in total. The molecule has 1 aromatic rings. The third-order valence-corrected chi connectivity index (χ3v) is 4.42. The van der Waals surface area contributed by atoms with Gasteiger partial charge in [-0.25, -0.2) is 0 Å². The van der Waals surface area contributed by atoms with E-state index in [2.05, 4.69) is 75.6 Å². The van der Waals surface area contributed by atoms with Crippen LogP contribution >= 0.6 is 45.2 Å². The molecule has 0 atom stereocenters. The Labute approximate surface area is 149 Å². The van der Waals surface area contributed by atoms with Crippen molar-refractivity contribution in [3.05, 3.63) is 37.1 Å². The maximum atomic E-state index is 11.8. The van der Waals surface area contributed by atoms with Gasteiger partial charge in [0.05, 0.1) is 5.69 Å². The van der Waals surface area contributed by atoms with Crippen LogP contribution in [-0.4, -0.2) is 5.78 Å². The van der Waals surface area contributed by atoms with Crippen molar-refractivity contribution in [2.45, 2.75) is 46.0 Å². The van der Waals surface area contributed by atoms with Crippen molar-refractivity contribution >= 4 is 56.7 Å². The van der Waals surface area contributed by atoms with Crippen molar-refractivity contribution in [1.82, 2.24) is 0 Å². The first-order chi connectivity index (χ1) is 9.56. The molecule has 0 aliphatic carbocycles. The maximum Gasteiger partial charge on any atom is 0.157 e. The van der Waals surface area contributed by atoms with E-state index >= 15 is 0 Å². The zero-order valence-electron chi connectivity index (χ0n) is 12.0. The first kappa shape index (κ1) is 17.9. The molecule has 4 heteroatoms. The molecule has 1 rings (SSSR count). The maximum absolute atomic E-state index is 11.8. The molecule has 0 aromatic heterocycles. The summed E-state index contributed by atoms with van der Waals surface area (Å²) in [5, 5.41) is 3.43. The lowest BCUT2D eigenvalue weighted by molar-refractivity contribution is -0.114. The van der Waals surface area contributed by atoms with Crippen LogP contribution in [0.2, 0.25) is 0 Å². The Morgan fingerprint density at radius 3 is 2.55 bits per heavy atom. The summed E-state index contributed by atoms with van der Waals surface area (Å²) in [5.74, 6) is 0.214. The molecular formula is C16H21I2NO. The third-order valence-electron chi connectivity index (χ3n) is 2.86. The molecule has 0 amide bonds. The minimum Gasteiger partial charge on any atom is -0.358 e. The van der Waals surface area contributed by atoms with Crippen LogP contribution in [0.25, 0.3) is 0 Å². The monoisotopic (exact) mass is 497 g/mol. The van der Waals surface area contributed by atoms with Gasteiger partial charge in [0, 0.05) is 25.3 Å². The van der Waals surface area contributed by atoms with Gasteiger partial charge in [-0.1, -0.05) is 20.3 Å². The fourth-order valence-corrected chi connectivity index (χ4v) is 3.55. The van der Waals surface area contributed by atoms with E-state index in [0.29, 0.717) is 6.42 Å². The lowest BCUT2D eigenvalue weighted by Gasteiger charge is -2.13. The number of allylic oxidation sites excluding steroid dienone is 2. The number of hydrogen-bond donors (Lipinski definition) is 1. The summed E-state index contributed by atoms with van der Waals surface area (Å²) in [4.78, 5) is 11.8. The number of hydrogen-bond acceptors (Lipinski definition) is 2. The summed E-state index contributed by atoms with van der Waals surface area (Å²) in [5.41, 5.74) is 2.11. The van der Waals surface area contributed by atoms with Gasteiger partial charge in [0.2, 0.25) is 0 Å². The van der Waals surface area contributed by atoms with E-state index in [-0.39, 0.29) is 5.78 Å². The molecule has 20 heavy (non-hydrogen) atoms. The van der Waals surface area contributed by atoms with Crippen molar-refractivity contribution in [3.63, 3.8) is 0 Å². The summed E-state index contributed by atoms with van der Waals surface area (Å²) in [7, 11) is 0. The molecule has 0 fully saturated rings. The SMILES string of the molecule is CCCC/C(=C/C(=O)CCC)Nc1ccc(I)cc1I. The minimum atomic E-state index is 0.214. The van der Waals surface area contributed by atoms with Crippen molar-refractivity contribution < 1.29 is 4.79 Å².